The maximum atomic E-state index is 13.3. The van der Waals surface area contributed by atoms with Crippen LogP contribution in [0.2, 0.25) is 0 Å². The Balaban J connectivity index is 1.51. The van der Waals surface area contributed by atoms with Crippen LogP contribution >= 0.6 is 0 Å². The average Bonchev–Trinajstić information content (AvgIpc) is 2.75. The molecular weight excluding hydrogens is 370 g/mol. The zero-order valence-corrected chi connectivity index (χ0v) is 16.4. The van der Waals surface area contributed by atoms with Crippen LogP contribution in [-0.2, 0) is 16.6 Å². The maximum Gasteiger partial charge on any atom is 0.243 e. The van der Waals surface area contributed by atoms with Crippen LogP contribution in [-0.4, -0.2) is 48.8 Å². The molecule has 0 radical (unpaired) electrons. The van der Waals surface area contributed by atoms with E-state index in [-0.39, 0.29) is 0 Å². The lowest BCUT2D eigenvalue weighted by Crippen LogP contribution is -2.48. The van der Waals surface area contributed by atoms with Gasteiger partial charge in [-0.3, -0.25) is 9.88 Å². The highest BCUT2D eigenvalue weighted by Crippen LogP contribution is 2.29. The molecule has 3 aromatic rings. The molecule has 2 heterocycles. The van der Waals surface area contributed by atoms with E-state index in [1.165, 1.54) is 5.56 Å². The average molecular weight is 394 g/mol. The molecule has 0 aliphatic carbocycles. The van der Waals surface area contributed by atoms with Crippen molar-refractivity contribution in [2.24, 2.45) is 0 Å². The van der Waals surface area contributed by atoms with E-state index in [1.807, 2.05) is 54.6 Å². The van der Waals surface area contributed by atoms with E-state index in [0.29, 0.717) is 18.0 Å². The van der Waals surface area contributed by atoms with Crippen molar-refractivity contribution in [3.8, 4) is 11.1 Å². The van der Waals surface area contributed by atoms with Gasteiger partial charge in [0.2, 0.25) is 10.0 Å². The topological polar surface area (TPSA) is 53.5 Å². The second-order valence-corrected chi connectivity index (χ2v) is 8.80. The van der Waals surface area contributed by atoms with Gasteiger partial charge < -0.3 is 0 Å². The summed E-state index contributed by atoms with van der Waals surface area (Å²) in [5, 5.41) is 0. The summed E-state index contributed by atoms with van der Waals surface area (Å²) < 4.78 is 28.3. The molecule has 2 aromatic carbocycles. The Morgan fingerprint density at radius 2 is 1.43 bits per heavy atom. The van der Waals surface area contributed by atoms with Crippen molar-refractivity contribution >= 4 is 10.0 Å². The van der Waals surface area contributed by atoms with Crippen LogP contribution in [0.3, 0.4) is 0 Å². The highest BCUT2D eigenvalue weighted by Gasteiger charge is 2.30. The Labute approximate surface area is 166 Å². The Hall–Kier alpha value is -2.54. The minimum Gasteiger partial charge on any atom is -0.296 e. The highest BCUT2D eigenvalue weighted by atomic mass is 32.2. The van der Waals surface area contributed by atoms with Gasteiger partial charge in [0, 0.05) is 50.7 Å². The summed E-state index contributed by atoms with van der Waals surface area (Å²) in [6.45, 7) is 3.24. The van der Waals surface area contributed by atoms with E-state index in [4.69, 9.17) is 0 Å². The van der Waals surface area contributed by atoms with Crippen molar-refractivity contribution in [1.82, 2.24) is 14.2 Å². The largest absolute Gasteiger partial charge is 0.296 e. The van der Waals surface area contributed by atoms with E-state index in [2.05, 4.69) is 9.88 Å². The second kappa shape index (κ2) is 8.22. The summed E-state index contributed by atoms with van der Waals surface area (Å²) in [5.41, 5.74) is 2.86. The molecule has 0 spiro atoms. The molecule has 0 unspecified atom stereocenters. The molecule has 4 rings (SSSR count). The fourth-order valence-electron chi connectivity index (χ4n) is 3.56. The lowest BCUT2D eigenvalue weighted by atomic mass is 10.1. The Morgan fingerprint density at radius 3 is 2.14 bits per heavy atom. The molecule has 1 saturated heterocycles. The molecule has 0 bridgehead atoms. The van der Waals surface area contributed by atoms with Crippen LogP contribution in [0, 0.1) is 0 Å². The number of sulfonamides is 1. The molecule has 0 atom stereocenters. The lowest BCUT2D eigenvalue weighted by molar-refractivity contribution is 0.181. The highest BCUT2D eigenvalue weighted by molar-refractivity contribution is 7.89. The third-order valence-electron chi connectivity index (χ3n) is 5.08. The van der Waals surface area contributed by atoms with Crippen molar-refractivity contribution in [3.63, 3.8) is 0 Å². The van der Waals surface area contributed by atoms with Gasteiger partial charge in [-0.05, 0) is 29.3 Å². The van der Waals surface area contributed by atoms with Gasteiger partial charge >= 0.3 is 0 Å². The summed E-state index contributed by atoms with van der Waals surface area (Å²) >= 11 is 0. The molecule has 1 fully saturated rings. The third-order valence-corrected chi connectivity index (χ3v) is 7.03. The van der Waals surface area contributed by atoms with E-state index in [9.17, 15) is 8.42 Å². The van der Waals surface area contributed by atoms with Gasteiger partial charge in [0.15, 0.2) is 0 Å². The first kappa shape index (κ1) is 18.8. The summed E-state index contributed by atoms with van der Waals surface area (Å²) in [6, 6.07) is 20.9. The molecule has 144 valence electrons. The van der Waals surface area contributed by atoms with Crippen molar-refractivity contribution in [3.05, 3.63) is 84.7 Å². The van der Waals surface area contributed by atoms with Gasteiger partial charge in [-0.2, -0.15) is 4.31 Å². The predicted molar refractivity (Wildman–Crippen MR) is 110 cm³/mol. The van der Waals surface area contributed by atoms with E-state index in [1.54, 1.807) is 28.8 Å². The molecule has 28 heavy (non-hydrogen) atoms. The third kappa shape index (κ3) is 3.99. The molecule has 0 amide bonds. The monoisotopic (exact) mass is 393 g/mol. The van der Waals surface area contributed by atoms with Crippen molar-refractivity contribution in [2.45, 2.75) is 11.4 Å². The number of hydrogen-bond donors (Lipinski definition) is 0. The summed E-state index contributed by atoms with van der Waals surface area (Å²) in [5.74, 6) is 0. The first-order chi connectivity index (χ1) is 13.6. The van der Waals surface area contributed by atoms with Crippen molar-refractivity contribution in [1.29, 1.82) is 0 Å². The summed E-state index contributed by atoms with van der Waals surface area (Å²) in [7, 11) is -3.54. The van der Waals surface area contributed by atoms with Crippen LogP contribution in [0.15, 0.2) is 84.0 Å². The van der Waals surface area contributed by atoms with Crippen LogP contribution in [0.25, 0.3) is 11.1 Å². The van der Waals surface area contributed by atoms with E-state index < -0.39 is 10.0 Å². The summed E-state index contributed by atoms with van der Waals surface area (Å²) in [4.78, 5) is 6.70. The van der Waals surface area contributed by atoms with Gasteiger partial charge in [-0.1, -0.05) is 48.5 Å². The number of rotatable bonds is 5. The molecule has 1 aliphatic heterocycles. The molecule has 0 saturated carbocycles. The van der Waals surface area contributed by atoms with E-state index in [0.717, 1.165) is 30.8 Å². The Kier molecular flexibility index (Phi) is 5.52. The van der Waals surface area contributed by atoms with Crippen LogP contribution < -0.4 is 0 Å². The van der Waals surface area contributed by atoms with Gasteiger partial charge in [0.25, 0.3) is 0 Å². The number of piperazine rings is 1. The zero-order valence-electron chi connectivity index (χ0n) is 15.6. The molecule has 5 nitrogen and oxygen atoms in total. The van der Waals surface area contributed by atoms with Gasteiger partial charge in [-0.25, -0.2) is 8.42 Å². The molecular formula is C22H23N3O2S. The standard InChI is InChI=1S/C22H23N3O2S/c26-28(27,22-9-5-4-8-21(22)20-6-2-1-3-7-20)25-16-14-24(15-17-25)18-19-10-12-23-13-11-19/h1-13H,14-18H2. The molecule has 1 aliphatic rings. The normalized spacial score (nSPS) is 16.1. The SMILES string of the molecule is O=S(=O)(c1ccccc1-c1ccccc1)N1CCN(Cc2ccncc2)CC1. The summed E-state index contributed by atoms with van der Waals surface area (Å²) in [6.07, 6.45) is 3.58. The lowest BCUT2D eigenvalue weighted by Gasteiger charge is -2.34. The van der Waals surface area contributed by atoms with Crippen LogP contribution in [0.4, 0.5) is 0 Å². The minimum absolute atomic E-state index is 0.379. The number of nitrogens with zero attached hydrogens (tertiary/aromatic N) is 3. The number of aromatic nitrogens is 1. The van der Waals surface area contributed by atoms with Gasteiger partial charge in [-0.15, -0.1) is 0 Å². The van der Waals surface area contributed by atoms with Crippen molar-refractivity contribution < 1.29 is 8.42 Å². The van der Waals surface area contributed by atoms with E-state index >= 15 is 0 Å². The maximum absolute atomic E-state index is 13.3. The first-order valence-corrected chi connectivity index (χ1v) is 10.8. The second-order valence-electron chi connectivity index (χ2n) is 6.90. The van der Waals surface area contributed by atoms with Gasteiger partial charge in [0.05, 0.1) is 4.90 Å². The Morgan fingerprint density at radius 1 is 0.786 bits per heavy atom. The minimum atomic E-state index is -3.54. The molecule has 1 aromatic heterocycles. The number of pyridine rings is 1. The number of benzene rings is 2. The van der Waals surface area contributed by atoms with Crippen LogP contribution in [0.1, 0.15) is 5.56 Å². The fraction of sp³-hybridized carbons (Fsp3) is 0.227. The smallest absolute Gasteiger partial charge is 0.243 e. The Bertz CT molecular complexity index is 1020. The quantitative estimate of drug-likeness (QED) is 0.668. The van der Waals surface area contributed by atoms with Crippen LogP contribution in [0.5, 0.6) is 0 Å². The zero-order chi connectivity index (χ0) is 19.4. The fourth-order valence-corrected chi connectivity index (χ4v) is 5.20. The van der Waals surface area contributed by atoms with Crippen molar-refractivity contribution in [2.75, 3.05) is 26.2 Å². The number of hydrogen-bond acceptors (Lipinski definition) is 4. The first-order valence-electron chi connectivity index (χ1n) is 9.40. The molecule has 0 N–H and O–H groups in total. The molecule has 6 heteroatoms. The van der Waals surface area contributed by atoms with Gasteiger partial charge in [0.1, 0.15) is 0 Å². The predicted octanol–water partition coefficient (Wildman–Crippen LogP) is 3.26.